The van der Waals surface area contributed by atoms with Crippen LogP contribution in [-0.4, -0.2) is 35.8 Å². The van der Waals surface area contributed by atoms with E-state index in [0.29, 0.717) is 23.1 Å². The maximum Gasteiger partial charge on any atom is 0.330 e. The number of fused-ring (bicyclic) bond motifs is 1. The molecular formula is C20H16FNO4. The van der Waals surface area contributed by atoms with Crippen molar-refractivity contribution in [3.63, 3.8) is 0 Å². The van der Waals surface area contributed by atoms with Crippen molar-refractivity contribution in [2.24, 2.45) is 0 Å². The first-order valence-electron chi connectivity index (χ1n) is 8.12. The van der Waals surface area contributed by atoms with Crippen LogP contribution in [0.1, 0.15) is 32.7 Å². The topological polar surface area (TPSA) is 63.7 Å². The van der Waals surface area contributed by atoms with Crippen LogP contribution in [0.15, 0.2) is 54.6 Å². The number of hydrogen-bond acceptors (Lipinski definition) is 4. The molecule has 0 fully saturated rings. The van der Waals surface area contributed by atoms with Gasteiger partial charge in [0.2, 0.25) is 0 Å². The number of carbonyl (C=O) groups excluding carboxylic acids is 3. The second-order valence-electron chi connectivity index (χ2n) is 5.71. The molecule has 5 nitrogen and oxygen atoms in total. The van der Waals surface area contributed by atoms with Crippen LogP contribution in [0, 0.1) is 5.82 Å². The third kappa shape index (κ3) is 3.85. The summed E-state index contributed by atoms with van der Waals surface area (Å²) in [5, 5.41) is 0. The van der Waals surface area contributed by atoms with Crippen LogP contribution in [-0.2, 0) is 9.53 Å². The minimum absolute atomic E-state index is 0.0833. The Hall–Kier alpha value is -3.28. The highest BCUT2D eigenvalue weighted by molar-refractivity contribution is 6.21. The van der Waals surface area contributed by atoms with Gasteiger partial charge in [0.05, 0.1) is 17.7 Å². The standard InChI is InChI=1S/C20H16FNO4/c21-15-9-6-14(7-10-15)8-11-18(23)26-13-3-12-22-19(24)16-4-1-2-5-17(16)20(22)25/h1-2,4-11H,3,12-13H2/b11-8+. The molecule has 0 atom stereocenters. The molecule has 1 aliphatic rings. The van der Waals surface area contributed by atoms with E-state index in [1.54, 1.807) is 36.4 Å². The van der Waals surface area contributed by atoms with Crippen molar-refractivity contribution in [3.8, 4) is 0 Å². The van der Waals surface area contributed by atoms with Gasteiger partial charge in [0.15, 0.2) is 0 Å². The fourth-order valence-corrected chi connectivity index (χ4v) is 2.62. The smallest absolute Gasteiger partial charge is 0.330 e. The number of nitrogens with zero attached hydrogens (tertiary/aromatic N) is 1. The number of amides is 2. The molecule has 0 saturated heterocycles. The van der Waals surface area contributed by atoms with Crippen LogP contribution in [0.3, 0.4) is 0 Å². The predicted octanol–water partition coefficient (Wildman–Crippen LogP) is 3.07. The fourth-order valence-electron chi connectivity index (χ4n) is 2.62. The highest BCUT2D eigenvalue weighted by atomic mass is 19.1. The van der Waals surface area contributed by atoms with E-state index in [2.05, 4.69) is 0 Å². The predicted molar refractivity (Wildman–Crippen MR) is 92.8 cm³/mol. The Morgan fingerprint density at radius 2 is 1.62 bits per heavy atom. The van der Waals surface area contributed by atoms with E-state index in [1.807, 2.05) is 0 Å². The average Bonchev–Trinajstić information content (AvgIpc) is 2.89. The first kappa shape index (κ1) is 17.5. The first-order chi connectivity index (χ1) is 12.6. The highest BCUT2D eigenvalue weighted by Gasteiger charge is 2.34. The van der Waals surface area contributed by atoms with E-state index in [0.717, 1.165) is 4.90 Å². The van der Waals surface area contributed by atoms with Crippen molar-refractivity contribution < 1.29 is 23.5 Å². The lowest BCUT2D eigenvalue weighted by Crippen LogP contribution is -2.31. The summed E-state index contributed by atoms with van der Waals surface area (Å²) in [5.41, 5.74) is 1.47. The van der Waals surface area contributed by atoms with E-state index in [1.165, 1.54) is 24.3 Å². The summed E-state index contributed by atoms with van der Waals surface area (Å²) < 4.78 is 17.8. The molecule has 0 saturated carbocycles. The molecule has 0 N–H and O–H groups in total. The molecule has 0 aliphatic carbocycles. The molecule has 26 heavy (non-hydrogen) atoms. The Kier molecular flexibility index (Phi) is 5.22. The number of benzene rings is 2. The van der Waals surface area contributed by atoms with Crippen LogP contribution >= 0.6 is 0 Å². The Bertz CT molecular complexity index is 839. The average molecular weight is 353 g/mol. The Labute approximate surface area is 149 Å². The van der Waals surface area contributed by atoms with Gasteiger partial charge in [-0.25, -0.2) is 9.18 Å². The molecule has 0 spiro atoms. The molecule has 0 radical (unpaired) electrons. The van der Waals surface area contributed by atoms with Gasteiger partial charge in [-0.15, -0.1) is 0 Å². The van der Waals surface area contributed by atoms with Crippen molar-refractivity contribution in [1.29, 1.82) is 0 Å². The third-order valence-corrected chi connectivity index (χ3v) is 3.93. The van der Waals surface area contributed by atoms with E-state index in [4.69, 9.17) is 4.74 Å². The second kappa shape index (κ2) is 7.74. The van der Waals surface area contributed by atoms with Crippen LogP contribution in [0.2, 0.25) is 0 Å². The van der Waals surface area contributed by atoms with Crippen molar-refractivity contribution in [3.05, 3.63) is 77.1 Å². The van der Waals surface area contributed by atoms with Gasteiger partial charge in [-0.05, 0) is 42.3 Å². The van der Waals surface area contributed by atoms with Gasteiger partial charge in [-0.3, -0.25) is 14.5 Å². The lowest BCUT2D eigenvalue weighted by molar-refractivity contribution is -0.137. The van der Waals surface area contributed by atoms with Crippen LogP contribution < -0.4 is 0 Å². The molecule has 3 rings (SSSR count). The molecule has 6 heteroatoms. The van der Waals surface area contributed by atoms with Gasteiger partial charge in [0.25, 0.3) is 11.8 Å². The highest BCUT2D eigenvalue weighted by Crippen LogP contribution is 2.22. The van der Waals surface area contributed by atoms with Gasteiger partial charge < -0.3 is 4.74 Å². The van der Waals surface area contributed by atoms with Gasteiger partial charge in [-0.1, -0.05) is 24.3 Å². The maximum atomic E-state index is 12.8. The molecule has 1 heterocycles. The van der Waals surface area contributed by atoms with Gasteiger partial charge in [0, 0.05) is 12.6 Å². The summed E-state index contributed by atoms with van der Waals surface area (Å²) in [6, 6.07) is 12.3. The summed E-state index contributed by atoms with van der Waals surface area (Å²) in [5.74, 6) is -1.55. The molecule has 0 aromatic heterocycles. The summed E-state index contributed by atoms with van der Waals surface area (Å²) in [4.78, 5) is 37.2. The number of imide groups is 1. The summed E-state index contributed by atoms with van der Waals surface area (Å²) in [6.07, 6.45) is 3.11. The lowest BCUT2D eigenvalue weighted by Gasteiger charge is -2.13. The number of hydrogen-bond donors (Lipinski definition) is 0. The maximum absolute atomic E-state index is 12.8. The van der Waals surface area contributed by atoms with Gasteiger partial charge >= 0.3 is 5.97 Å². The lowest BCUT2D eigenvalue weighted by atomic mass is 10.1. The van der Waals surface area contributed by atoms with Crippen LogP contribution in [0.5, 0.6) is 0 Å². The number of carbonyl (C=O) groups is 3. The SMILES string of the molecule is O=C(/C=C/c1ccc(F)cc1)OCCCN1C(=O)c2ccccc2C1=O. The number of halogens is 1. The number of rotatable bonds is 6. The third-order valence-electron chi connectivity index (χ3n) is 3.93. The Morgan fingerprint density at radius 3 is 2.23 bits per heavy atom. The van der Waals surface area contributed by atoms with E-state index >= 15 is 0 Å². The van der Waals surface area contributed by atoms with Crippen LogP contribution in [0.4, 0.5) is 4.39 Å². The molecular weight excluding hydrogens is 337 g/mol. The largest absolute Gasteiger partial charge is 0.462 e. The van der Waals surface area contributed by atoms with Crippen LogP contribution in [0.25, 0.3) is 6.08 Å². The zero-order valence-electron chi connectivity index (χ0n) is 13.9. The molecule has 0 unspecified atom stereocenters. The van der Waals surface area contributed by atoms with Crippen molar-refractivity contribution in [2.75, 3.05) is 13.2 Å². The number of esters is 1. The first-order valence-corrected chi connectivity index (χ1v) is 8.12. The molecule has 2 aromatic rings. The van der Waals surface area contributed by atoms with Crippen molar-refractivity contribution >= 4 is 23.9 Å². The molecule has 2 amide bonds. The quantitative estimate of drug-likeness (QED) is 0.347. The molecule has 0 bridgehead atoms. The normalized spacial score (nSPS) is 13.3. The minimum atomic E-state index is -0.545. The minimum Gasteiger partial charge on any atom is -0.462 e. The molecule has 132 valence electrons. The van der Waals surface area contributed by atoms with Gasteiger partial charge in [-0.2, -0.15) is 0 Å². The summed E-state index contributed by atoms with van der Waals surface area (Å²) in [7, 11) is 0. The zero-order valence-corrected chi connectivity index (χ0v) is 13.9. The van der Waals surface area contributed by atoms with Gasteiger partial charge in [0.1, 0.15) is 5.82 Å². The van der Waals surface area contributed by atoms with E-state index in [9.17, 15) is 18.8 Å². The zero-order chi connectivity index (χ0) is 18.5. The molecule has 2 aromatic carbocycles. The monoisotopic (exact) mass is 353 g/mol. The van der Waals surface area contributed by atoms with Crippen molar-refractivity contribution in [2.45, 2.75) is 6.42 Å². The molecule has 1 aliphatic heterocycles. The Balaban J connectivity index is 1.44. The van der Waals surface area contributed by atoms with E-state index in [-0.39, 0.29) is 30.8 Å². The second-order valence-corrected chi connectivity index (χ2v) is 5.71. The summed E-state index contributed by atoms with van der Waals surface area (Å²) >= 11 is 0. The fraction of sp³-hybridized carbons (Fsp3) is 0.150. The van der Waals surface area contributed by atoms with E-state index < -0.39 is 5.97 Å². The summed E-state index contributed by atoms with van der Waals surface area (Å²) in [6.45, 7) is 0.265. The van der Waals surface area contributed by atoms with Crippen molar-refractivity contribution in [1.82, 2.24) is 4.90 Å². The number of ether oxygens (including phenoxy) is 1. The Morgan fingerprint density at radius 1 is 1.00 bits per heavy atom.